The van der Waals surface area contributed by atoms with E-state index in [1.807, 2.05) is 0 Å². The molecule has 0 unspecified atom stereocenters. The Morgan fingerprint density at radius 2 is 1.80 bits per heavy atom. The number of fused-ring (bicyclic) bond motifs is 1. The van der Waals surface area contributed by atoms with Crippen molar-refractivity contribution in [1.29, 1.82) is 0 Å². The lowest BCUT2D eigenvalue weighted by Crippen LogP contribution is -2.32. The zero-order valence-electron chi connectivity index (χ0n) is 15.1. The quantitative estimate of drug-likeness (QED) is 0.766. The minimum Gasteiger partial charge on any atom is -0.342 e. The molecule has 4 nitrogen and oxygen atoms in total. The average Bonchev–Trinajstić information content (AvgIpc) is 3.07. The van der Waals surface area contributed by atoms with E-state index in [1.54, 1.807) is 12.4 Å². The number of likely N-dealkylation sites (tertiary alicyclic amines) is 1. The van der Waals surface area contributed by atoms with Gasteiger partial charge in [0.15, 0.2) is 5.65 Å². The largest absolute Gasteiger partial charge is 0.342 e. The highest BCUT2D eigenvalue weighted by molar-refractivity contribution is 5.71. The lowest BCUT2D eigenvalue weighted by molar-refractivity contribution is 0.203. The van der Waals surface area contributed by atoms with E-state index in [4.69, 9.17) is 0 Å². The first-order valence-electron chi connectivity index (χ1n) is 9.30. The summed E-state index contributed by atoms with van der Waals surface area (Å²) in [5.74, 6) is 1.20. The van der Waals surface area contributed by atoms with Gasteiger partial charge in [0.1, 0.15) is 5.52 Å². The second kappa shape index (κ2) is 6.96. The van der Waals surface area contributed by atoms with Crippen LogP contribution in [0.2, 0.25) is 0 Å². The minimum atomic E-state index is 0.593. The van der Waals surface area contributed by atoms with Gasteiger partial charge < -0.3 is 4.98 Å². The highest BCUT2D eigenvalue weighted by Crippen LogP contribution is 2.29. The maximum Gasteiger partial charge on any atom is 0.156 e. The molecule has 3 aromatic rings. The predicted molar refractivity (Wildman–Crippen MR) is 102 cm³/mol. The first kappa shape index (κ1) is 16.3. The van der Waals surface area contributed by atoms with E-state index in [0.717, 1.165) is 30.8 Å². The van der Waals surface area contributed by atoms with Crippen LogP contribution in [0.4, 0.5) is 0 Å². The van der Waals surface area contributed by atoms with Crippen LogP contribution in [0.5, 0.6) is 0 Å². The van der Waals surface area contributed by atoms with Gasteiger partial charge in [-0.25, -0.2) is 4.98 Å². The third-order valence-corrected chi connectivity index (χ3v) is 5.36. The Balaban J connectivity index is 1.36. The van der Waals surface area contributed by atoms with Crippen molar-refractivity contribution in [3.8, 4) is 0 Å². The van der Waals surface area contributed by atoms with Crippen LogP contribution in [0.15, 0.2) is 42.7 Å². The van der Waals surface area contributed by atoms with Crippen LogP contribution in [-0.2, 0) is 6.54 Å². The molecule has 130 valence electrons. The molecule has 25 heavy (non-hydrogen) atoms. The summed E-state index contributed by atoms with van der Waals surface area (Å²) < 4.78 is 0. The Kier molecular flexibility index (Phi) is 4.53. The summed E-state index contributed by atoms with van der Waals surface area (Å²) in [4.78, 5) is 14.8. The second-order valence-electron chi connectivity index (χ2n) is 7.46. The molecule has 3 heterocycles. The molecule has 4 rings (SSSR count). The summed E-state index contributed by atoms with van der Waals surface area (Å²) in [6.45, 7) is 7.84. The topological polar surface area (TPSA) is 44.8 Å². The fraction of sp³-hybridized carbons (Fsp3) is 0.429. The molecule has 0 aliphatic carbocycles. The Morgan fingerprint density at radius 3 is 2.48 bits per heavy atom. The van der Waals surface area contributed by atoms with Crippen molar-refractivity contribution >= 4 is 11.2 Å². The normalized spacial score (nSPS) is 16.8. The lowest BCUT2D eigenvalue weighted by atomic mass is 9.93. The number of H-pyrrole nitrogens is 1. The first-order chi connectivity index (χ1) is 12.2. The highest BCUT2D eigenvalue weighted by atomic mass is 15.1. The van der Waals surface area contributed by atoms with Crippen LogP contribution in [0.3, 0.4) is 0 Å². The molecule has 0 saturated carbocycles. The number of aromatic amines is 1. The minimum absolute atomic E-state index is 0.593. The molecule has 1 N–H and O–H groups in total. The molecule has 1 aliphatic rings. The Hall–Kier alpha value is -2.20. The van der Waals surface area contributed by atoms with E-state index in [1.165, 1.54) is 29.7 Å². The van der Waals surface area contributed by atoms with Gasteiger partial charge in [0.25, 0.3) is 0 Å². The molecule has 4 heteroatoms. The van der Waals surface area contributed by atoms with Crippen LogP contribution in [0.1, 0.15) is 55.3 Å². The van der Waals surface area contributed by atoms with Crippen LogP contribution >= 0.6 is 0 Å². The van der Waals surface area contributed by atoms with Gasteiger partial charge in [-0.15, -0.1) is 0 Å². The average molecular weight is 334 g/mol. The number of hydrogen-bond acceptors (Lipinski definition) is 3. The molecule has 2 aromatic heterocycles. The number of rotatable bonds is 4. The number of piperidine rings is 1. The number of benzene rings is 1. The molecule has 1 aromatic carbocycles. The maximum atomic E-state index is 4.38. The van der Waals surface area contributed by atoms with Gasteiger partial charge in [-0.2, -0.15) is 0 Å². The molecule has 0 amide bonds. The van der Waals surface area contributed by atoms with E-state index in [0.29, 0.717) is 11.8 Å². The van der Waals surface area contributed by atoms with Crippen LogP contribution in [0, 0.1) is 0 Å². The maximum absolute atomic E-state index is 4.38. The van der Waals surface area contributed by atoms with Gasteiger partial charge in [-0.1, -0.05) is 38.1 Å². The standard InChI is InChI=1S/C21H26N4/c1-15(2)17-5-3-16(4-6-17)14-25-11-7-18(8-12-25)19-13-20-21(24-19)23-10-9-22-20/h3-6,9-10,13,15,18H,7-8,11-12,14H2,1-2H3,(H,23,24). The summed E-state index contributed by atoms with van der Waals surface area (Å²) in [6, 6.07) is 11.3. The molecule has 1 fully saturated rings. The Morgan fingerprint density at radius 1 is 1.08 bits per heavy atom. The van der Waals surface area contributed by atoms with Crippen molar-refractivity contribution < 1.29 is 0 Å². The molecule has 0 atom stereocenters. The Labute approximate surface area is 149 Å². The van der Waals surface area contributed by atoms with Crippen LogP contribution in [-0.4, -0.2) is 32.9 Å². The van der Waals surface area contributed by atoms with Crippen molar-refractivity contribution in [2.24, 2.45) is 0 Å². The van der Waals surface area contributed by atoms with Gasteiger partial charge in [0.2, 0.25) is 0 Å². The van der Waals surface area contributed by atoms with E-state index in [-0.39, 0.29) is 0 Å². The van der Waals surface area contributed by atoms with E-state index in [9.17, 15) is 0 Å². The smallest absolute Gasteiger partial charge is 0.156 e. The molecule has 1 saturated heterocycles. The van der Waals surface area contributed by atoms with E-state index < -0.39 is 0 Å². The molecule has 1 aliphatic heterocycles. The summed E-state index contributed by atoms with van der Waals surface area (Å²) >= 11 is 0. The monoisotopic (exact) mass is 334 g/mol. The second-order valence-corrected chi connectivity index (χ2v) is 7.46. The fourth-order valence-electron chi connectivity index (χ4n) is 3.76. The van der Waals surface area contributed by atoms with Gasteiger partial charge in [-0.05, 0) is 49.0 Å². The SMILES string of the molecule is CC(C)c1ccc(CN2CCC(c3cc4nccnc4[nH]3)CC2)cc1. The summed E-state index contributed by atoms with van der Waals surface area (Å²) in [7, 11) is 0. The first-order valence-corrected chi connectivity index (χ1v) is 9.30. The third kappa shape index (κ3) is 3.59. The highest BCUT2D eigenvalue weighted by Gasteiger charge is 2.22. The molecule has 0 spiro atoms. The van der Waals surface area contributed by atoms with Crippen molar-refractivity contribution in [3.63, 3.8) is 0 Å². The summed E-state index contributed by atoms with van der Waals surface area (Å²) in [6.07, 6.45) is 5.89. The number of nitrogens with zero attached hydrogens (tertiary/aromatic N) is 3. The lowest BCUT2D eigenvalue weighted by Gasteiger charge is -2.31. The van der Waals surface area contributed by atoms with Gasteiger partial charge >= 0.3 is 0 Å². The molecule has 0 bridgehead atoms. The summed E-state index contributed by atoms with van der Waals surface area (Å²) in [5, 5.41) is 0. The van der Waals surface area contributed by atoms with Gasteiger partial charge in [0.05, 0.1) is 0 Å². The predicted octanol–water partition coefficient (Wildman–Crippen LogP) is 4.46. The van der Waals surface area contributed by atoms with Gasteiger partial charge in [0, 0.05) is 30.6 Å². The zero-order chi connectivity index (χ0) is 17.2. The van der Waals surface area contributed by atoms with Crippen LogP contribution in [0.25, 0.3) is 11.2 Å². The summed E-state index contributed by atoms with van der Waals surface area (Å²) in [5.41, 5.74) is 6.02. The Bertz CT molecular complexity index is 793. The van der Waals surface area contributed by atoms with Crippen molar-refractivity contribution in [2.75, 3.05) is 13.1 Å². The number of hydrogen-bond donors (Lipinski definition) is 1. The fourth-order valence-corrected chi connectivity index (χ4v) is 3.76. The van der Waals surface area contributed by atoms with Gasteiger partial charge in [-0.3, -0.25) is 9.88 Å². The third-order valence-electron chi connectivity index (χ3n) is 5.36. The number of nitrogens with one attached hydrogen (secondary N) is 1. The van der Waals surface area contributed by atoms with E-state index >= 15 is 0 Å². The molecular formula is C21H26N4. The number of aromatic nitrogens is 3. The van der Waals surface area contributed by atoms with Crippen LogP contribution < -0.4 is 0 Å². The van der Waals surface area contributed by atoms with Crippen molar-refractivity contribution in [2.45, 2.75) is 45.1 Å². The van der Waals surface area contributed by atoms with E-state index in [2.05, 4.69) is 64.0 Å². The molecular weight excluding hydrogens is 308 g/mol. The van der Waals surface area contributed by atoms with Crippen molar-refractivity contribution in [3.05, 3.63) is 59.5 Å². The zero-order valence-corrected chi connectivity index (χ0v) is 15.1. The van der Waals surface area contributed by atoms with Crippen molar-refractivity contribution in [1.82, 2.24) is 19.9 Å². The molecule has 0 radical (unpaired) electrons.